The van der Waals surface area contributed by atoms with E-state index < -0.39 is 15.9 Å². The van der Waals surface area contributed by atoms with E-state index in [9.17, 15) is 13.2 Å². The maximum atomic E-state index is 12.1. The average Bonchev–Trinajstić information content (AvgIpc) is 2.33. The molecule has 0 atom stereocenters. The maximum Gasteiger partial charge on any atom is 0.264 e. The Morgan fingerprint density at radius 1 is 1.30 bits per heavy atom. The van der Waals surface area contributed by atoms with Gasteiger partial charge < -0.3 is 4.74 Å². The number of sulfonamides is 1. The second-order valence-corrected chi connectivity index (χ2v) is 6.25. The van der Waals surface area contributed by atoms with Gasteiger partial charge in [-0.1, -0.05) is 17.7 Å². The number of amides is 1. The molecular formula is C14H21NO4S. The highest BCUT2D eigenvalue weighted by Crippen LogP contribution is 2.16. The fourth-order valence-electron chi connectivity index (χ4n) is 1.84. The number of benzene rings is 1. The summed E-state index contributed by atoms with van der Waals surface area (Å²) in [6.07, 6.45) is 0.631. The van der Waals surface area contributed by atoms with Gasteiger partial charge in [0.1, 0.15) is 0 Å². The van der Waals surface area contributed by atoms with Crippen molar-refractivity contribution in [1.29, 1.82) is 0 Å². The molecule has 1 amide bonds. The Hall–Kier alpha value is -1.40. The summed E-state index contributed by atoms with van der Waals surface area (Å²) >= 11 is 0. The fraction of sp³-hybridized carbons (Fsp3) is 0.500. The van der Waals surface area contributed by atoms with Gasteiger partial charge in [-0.2, -0.15) is 0 Å². The van der Waals surface area contributed by atoms with Crippen molar-refractivity contribution >= 4 is 15.9 Å². The van der Waals surface area contributed by atoms with Gasteiger partial charge in [-0.25, -0.2) is 13.1 Å². The predicted molar refractivity (Wildman–Crippen MR) is 77.0 cm³/mol. The molecule has 0 saturated carbocycles. The molecule has 0 bridgehead atoms. The van der Waals surface area contributed by atoms with E-state index in [2.05, 4.69) is 4.72 Å². The maximum absolute atomic E-state index is 12.1. The van der Waals surface area contributed by atoms with Crippen molar-refractivity contribution < 1.29 is 17.9 Å². The molecule has 1 rings (SSSR count). The van der Waals surface area contributed by atoms with Gasteiger partial charge >= 0.3 is 0 Å². The van der Waals surface area contributed by atoms with E-state index in [1.165, 1.54) is 6.07 Å². The summed E-state index contributed by atoms with van der Waals surface area (Å²) in [5.74, 6) is -0.510. The average molecular weight is 299 g/mol. The lowest BCUT2D eigenvalue weighted by molar-refractivity contribution is -0.119. The van der Waals surface area contributed by atoms with Gasteiger partial charge in [0.25, 0.3) is 10.0 Å². The third-order valence-electron chi connectivity index (χ3n) is 2.76. The molecule has 0 aromatic heterocycles. The van der Waals surface area contributed by atoms with Gasteiger partial charge in [0.05, 0.1) is 4.90 Å². The molecule has 0 unspecified atom stereocenters. The quantitative estimate of drug-likeness (QED) is 0.781. The summed E-state index contributed by atoms with van der Waals surface area (Å²) in [6.45, 7) is 6.50. The summed E-state index contributed by atoms with van der Waals surface area (Å²) < 4.78 is 31.4. The molecule has 1 N–H and O–H groups in total. The molecule has 0 aliphatic carbocycles. The molecule has 20 heavy (non-hydrogen) atoms. The highest BCUT2D eigenvalue weighted by atomic mass is 32.2. The largest absolute Gasteiger partial charge is 0.382 e. The summed E-state index contributed by atoms with van der Waals surface area (Å²) in [4.78, 5) is 11.8. The molecule has 0 aliphatic heterocycles. The van der Waals surface area contributed by atoms with Gasteiger partial charge in [-0.3, -0.25) is 4.79 Å². The van der Waals surface area contributed by atoms with Gasteiger partial charge in [0.2, 0.25) is 5.91 Å². The van der Waals surface area contributed by atoms with E-state index in [1.807, 2.05) is 13.8 Å². The van der Waals surface area contributed by atoms with Crippen molar-refractivity contribution in [1.82, 2.24) is 4.72 Å². The minimum Gasteiger partial charge on any atom is -0.382 e. The lowest BCUT2D eigenvalue weighted by Gasteiger charge is -2.10. The minimum absolute atomic E-state index is 0.129. The Bertz CT molecular complexity index is 567. The first kappa shape index (κ1) is 16.7. The fourth-order valence-corrected chi connectivity index (χ4v) is 3.08. The number of carbonyl (C=O) groups excluding carboxylic acids is 1. The summed E-state index contributed by atoms with van der Waals surface area (Å²) in [6, 6.07) is 5.00. The van der Waals surface area contributed by atoms with Crippen molar-refractivity contribution in [2.45, 2.75) is 38.5 Å². The molecule has 112 valence electrons. The highest BCUT2D eigenvalue weighted by molar-refractivity contribution is 7.90. The molecule has 5 nitrogen and oxygen atoms in total. The highest BCUT2D eigenvalue weighted by Gasteiger charge is 2.19. The Balaban J connectivity index is 2.67. The van der Waals surface area contributed by atoms with Crippen LogP contribution >= 0.6 is 0 Å². The zero-order valence-corrected chi connectivity index (χ0v) is 12.9. The van der Waals surface area contributed by atoms with Crippen molar-refractivity contribution in [2.24, 2.45) is 0 Å². The lowest BCUT2D eigenvalue weighted by atomic mass is 10.2. The summed E-state index contributed by atoms with van der Waals surface area (Å²) in [7, 11) is -3.79. The van der Waals surface area contributed by atoms with E-state index in [4.69, 9.17) is 4.74 Å². The second-order valence-electron chi connectivity index (χ2n) is 4.60. The van der Waals surface area contributed by atoms with Gasteiger partial charge in [0.15, 0.2) is 0 Å². The second kappa shape index (κ2) is 7.40. The molecule has 1 aromatic rings. The van der Waals surface area contributed by atoms with Gasteiger partial charge in [0, 0.05) is 19.6 Å². The molecule has 0 spiro atoms. The normalized spacial score (nSPS) is 11.3. The van der Waals surface area contributed by atoms with Crippen LogP contribution in [0.5, 0.6) is 0 Å². The molecule has 0 heterocycles. The Morgan fingerprint density at radius 2 is 2.00 bits per heavy atom. The van der Waals surface area contributed by atoms with Crippen molar-refractivity contribution in [3.63, 3.8) is 0 Å². The summed E-state index contributed by atoms with van der Waals surface area (Å²) in [5, 5.41) is 0. The molecular weight excluding hydrogens is 278 g/mol. The Kier molecular flexibility index (Phi) is 6.16. The van der Waals surface area contributed by atoms with Crippen LogP contribution in [0.25, 0.3) is 0 Å². The molecule has 0 radical (unpaired) electrons. The van der Waals surface area contributed by atoms with Gasteiger partial charge in [-0.05, 0) is 38.8 Å². The van der Waals surface area contributed by atoms with Crippen molar-refractivity contribution in [2.75, 3.05) is 13.2 Å². The topological polar surface area (TPSA) is 72.5 Å². The lowest BCUT2D eigenvalue weighted by Crippen LogP contribution is -2.31. The van der Waals surface area contributed by atoms with Crippen LogP contribution in [-0.4, -0.2) is 27.5 Å². The Morgan fingerprint density at radius 3 is 2.60 bits per heavy atom. The SMILES string of the molecule is CCOCCCC(=O)NS(=O)(=O)c1ccc(C)cc1C. The van der Waals surface area contributed by atoms with E-state index >= 15 is 0 Å². The predicted octanol–water partition coefficient (Wildman–Crippen LogP) is 1.93. The first-order chi connectivity index (χ1) is 9.36. The number of rotatable bonds is 7. The van der Waals surface area contributed by atoms with E-state index in [1.54, 1.807) is 19.1 Å². The van der Waals surface area contributed by atoms with Crippen molar-refractivity contribution in [3.05, 3.63) is 29.3 Å². The number of aryl methyl sites for hydroxylation is 2. The zero-order valence-electron chi connectivity index (χ0n) is 12.1. The van der Waals surface area contributed by atoms with E-state index in [-0.39, 0.29) is 11.3 Å². The Labute approximate surface area is 120 Å². The third kappa shape index (κ3) is 4.94. The van der Waals surface area contributed by atoms with E-state index in [0.717, 1.165) is 5.56 Å². The number of carbonyl (C=O) groups is 1. The van der Waals surface area contributed by atoms with Crippen LogP contribution in [0, 0.1) is 13.8 Å². The minimum atomic E-state index is -3.79. The van der Waals surface area contributed by atoms with Crippen LogP contribution in [-0.2, 0) is 19.6 Å². The van der Waals surface area contributed by atoms with Crippen LogP contribution in [0.3, 0.4) is 0 Å². The number of nitrogens with one attached hydrogen (secondary N) is 1. The number of ether oxygens (including phenoxy) is 1. The van der Waals surface area contributed by atoms with Crippen LogP contribution in [0.2, 0.25) is 0 Å². The van der Waals surface area contributed by atoms with Crippen LogP contribution < -0.4 is 4.72 Å². The third-order valence-corrected chi connectivity index (χ3v) is 4.30. The van der Waals surface area contributed by atoms with Crippen molar-refractivity contribution in [3.8, 4) is 0 Å². The molecule has 0 fully saturated rings. The smallest absolute Gasteiger partial charge is 0.264 e. The standard InChI is InChI=1S/C14H21NO4S/c1-4-19-9-5-6-14(16)15-20(17,18)13-8-7-11(2)10-12(13)3/h7-8,10H,4-6,9H2,1-3H3,(H,15,16). The van der Waals surface area contributed by atoms with Crippen LogP contribution in [0.4, 0.5) is 0 Å². The number of hydrogen-bond donors (Lipinski definition) is 1. The molecule has 0 aliphatic rings. The van der Waals surface area contributed by atoms with Gasteiger partial charge in [-0.15, -0.1) is 0 Å². The molecule has 6 heteroatoms. The monoisotopic (exact) mass is 299 g/mol. The first-order valence-corrected chi connectivity index (χ1v) is 8.05. The zero-order chi connectivity index (χ0) is 15.2. The number of hydrogen-bond acceptors (Lipinski definition) is 4. The van der Waals surface area contributed by atoms with Crippen LogP contribution in [0.1, 0.15) is 30.9 Å². The first-order valence-electron chi connectivity index (χ1n) is 6.57. The van der Waals surface area contributed by atoms with Crippen LogP contribution in [0.15, 0.2) is 23.1 Å². The molecule has 1 aromatic carbocycles. The van der Waals surface area contributed by atoms with E-state index in [0.29, 0.717) is 25.2 Å². The molecule has 0 saturated heterocycles. The summed E-state index contributed by atoms with van der Waals surface area (Å²) in [5.41, 5.74) is 1.60.